The Morgan fingerprint density at radius 3 is 2.43 bits per heavy atom. The molecule has 0 saturated carbocycles. The fourth-order valence-electron chi connectivity index (χ4n) is 1.23. The van der Waals surface area contributed by atoms with Crippen molar-refractivity contribution in [2.45, 2.75) is 33.6 Å². The third kappa shape index (κ3) is 2.47. The number of hydrogen-bond acceptors (Lipinski definition) is 2. The van der Waals surface area contributed by atoms with E-state index in [1.807, 2.05) is 12.1 Å². The maximum absolute atomic E-state index is 5.11. The summed E-state index contributed by atoms with van der Waals surface area (Å²) in [6, 6.07) is 5.92. The van der Waals surface area contributed by atoms with Gasteiger partial charge in [0.2, 0.25) is 5.88 Å². The molecule has 0 fully saturated rings. The Kier molecular flexibility index (Phi) is 3.14. The summed E-state index contributed by atoms with van der Waals surface area (Å²) in [7, 11) is 1.65. The number of ether oxygens (including phenoxy) is 1. The summed E-state index contributed by atoms with van der Waals surface area (Å²) in [5.74, 6) is 1.12. The van der Waals surface area contributed by atoms with Crippen molar-refractivity contribution in [1.29, 1.82) is 0 Å². The highest BCUT2D eigenvalue weighted by Crippen LogP contribution is 2.33. The van der Waals surface area contributed by atoms with Gasteiger partial charge in [0.15, 0.2) is 0 Å². The highest BCUT2D eigenvalue weighted by molar-refractivity contribution is 5.19. The van der Waals surface area contributed by atoms with Gasteiger partial charge in [-0.1, -0.05) is 33.8 Å². The monoisotopic (exact) mass is 193 g/mol. The molecule has 0 aliphatic carbocycles. The zero-order valence-electron chi connectivity index (χ0n) is 9.66. The van der Waals surface area contributed by atoms with E-state index in [0.717, 1.165) is 5.69 Å². The van der Waals surface area contributed by atoms with Crippen molar-refractivity contribution in [1.82, 2.24) is 4.98 Å². The van der Waals surface area contributed by atoms with Crippen LogP contribution in [0.2, 0.25) is 0 Å². The molecule has 0 radical (unpaired) electrons. The van der Waals surface area contributed by atoms with Gasteiger partial charge in [-0.2, -0.15) is 0 Å². The second-order valence-corrected chi connectivity index (χ2v) is 4.69. The van der Waals surface area contributed by atoms with Crippen LogP contribution in [0.15, 0.2) is 18.2 Å². The summed E-state index contributed by atoms with van der Waals surface area (Å²) in [6.07, 6.45) is 0. The summed E-state index contributed by atoms with van der Waals surface area (Å²) in [4.78, 5) is 4.44. The molecule has 14 heavy (non-hydrogen) atoms. The van der Waals surface area contributed by atoms with E-state index in [0.29, 0.717) is 11.8 Å². The van der Waals surface area contributed by atoms with Crippen LogP contribution in [0.5, 0.6) is 5.88 Å². The maximum Gasteiger partial charge on any atom is 0.213 e. The highest BCUT2D eigenvalue weighted by atomic mass is 16.5. The molecule has 1 unspecified atom stereocenters. The number of aromatic nitrogens is 1. The van der Waals surface area contributed by atoms with Gasteiger partial charge in [-0.15, -0.1) is 0 Å². The van der Waals surface area contributed by atoms with Crippen LogP contribution in [0.1, 0.15) is 39.3 Å². The second kappa shape index (κ2) is 3.99. The van der Waals surface area contributed by atoms with Crippen molar-refractivity contribution in [3.63, 3.8) is 0 Å². The zero-order valence-corrected chi connectivity index (χ0v) is 9.66. The molecule has 0 saturated heterocycles. The first-order valence-corrected chi connectivity index (χ1v) is 4.96. The smallest absolute Gasteiger partial charge is 0.213 e. The topological polar surface area (TPSA) is 22.1 Å². The van der Waals surface area contributed by atoms with E-state index >= 15 is 0 Å². The summed E-state index contributed by atoms with van der Waals surface area (Å²) in [6.45, 7) is 8.86. The van der Waals surface area contributed by atoms with Crippen LogP contribution < -0.4 is 4.74 Å². The van der Waals surface area contributed by atoms with Crippen molar-refractivity contribution >= 4 is 0 Å². The van der Waals surface area contributed by atoms with Crippen LogP contribution in [-0.4, -0.2) is 12.1 Å². The molecule has 0 spiro atoms. The maximum atomic E-state index is 5.11. The van der Waals surface area contributed by atoms with Gasteiger partial charge in [0.25, 0.3) is 0 Å². The largest absolute Gasteiger partial charge is 0.481 e. The van der Waals surface area contributed by atoms with Crippen molar-refractivity contribution in [3.05, 3.63) is 23.9 Å². The Morgan fingerprint density at radius 2 is 1.93 bits per heavy atom. The molecule has 1 rings (SSSR count). The minimum Gasteiger partial charge on any atom is -0.481 e. The van der Waals surface area contributed by atoms with E-state index in [-0.39, 0.29) is 5.41 Å². The molecule has 0 bridgehead atoms. The highest BCUT2D eigenvalue weighted by Gasteiger charge is 2.22. The van der Waals surface area contributed by atoms with Gasteiger partial charge in [0.05, 0.1) is 7.11 Å². The number of methoxy groups -OCH3 is 1. The second-order valence-electron chi connectivity index (χ2n) is 4.69. The van der Waals surface area contributed by atoms with Crippen LogP contribution in [0.4, 0.5) is 0 Å². The molecular weight excluding hydrogens is 174 g/mol. The number of nitrogens with zero attached hydrogens (tertiary/aromatic N) is 1. The van der Waals surface area contributed by atoms with E-state index in [4.69, 9.17) is 4.74 Å². The van der Waals surface area contributed by atoms with Gasteiger partial charge < -0.3 is 4.74 Å². The lowest BCUT2D eigenvalue weighted by molar-refractivity contribution is 0.328. The first kappa shape index (κ1) is 11.0. The standard InChI is InChI=1S/C12H19NO/c1-9(12(2,3)4)10-7-6-8-11(13-10)14-5/h6-9H,1-5H3. The van der Waals surface area contributed by atoms with Crippen LogP contribution in [0, 0.1) is 5.41 Å². The van der Waals surface area contributed by atoms with Crippen LogP contribution in [0.3, 0.4) is 0 Å². The molecule has 2 heteroatoms. The molecule has 2 nitrogen and oxygen atoms in total. The lowest BCUT2D eigenvalue weighted by atomic mass is 9.80. The minimum absolute atomic E-state index is 0.235. The van der Waals surface area contributed by atoms with Crippen molar-refractivity contribution in [2.75, 3.05) is 7.11 Å². The zero-order chi connectivity index (χ0) is 10.8. The summed E-state index contributed by atoms with van der Waals surface area (Å²) in [5.41, 5.74) is 1.33. The van der Waals surface area contributed by atoms with E-state index < -0.39 is 0 Å². The fourth-order valence-corrected chi connectivity index (χ4v) is 1.23. The van der Waals surface area contributed by atoms with Crippen LogP contribution in [-0.2, 0) is 0 Å². The lowest BCUT2D eigenvalue weighted by Gasteiger charge is -2.26. The molecule has 0 N–H and O–H groups in total. The molecule has 0 aliphatic rings. The van der Waals surface area contributed by atoms with Crippen molar-refractivity contribution in [2.24, 2.45) is 5.41 Å². The van der Waals surface area contributed by atoms with Gasteiger partial charge in [-0.3, -0.25) is 0 Å². The van der Waals surface area contributed by atoms with Crippen LogP contribution in [0.25, 0.3) is 0 Å². The van der Waals surface area contributed by atoms with Gasteiger partial charge in [0, 0.05) is 17.7 Å². The minimum atomic E-state index is 0.235. The molecule has 78 valence electrons. The Bertz CT molecular complexity index is 301. The number of pyridine rings is 1. The third-order valence-corrected chi connectivity index (χ3v) is 2.70. The molecule has 1 aromatic rings. The average Bonchev–Trinajstić information content (AvgIpc) is 2.15. The molecule has 0 amide bonds. The van der Waals surface area contributed by atoms with Gasteiger partial charge in [0.1, 0.15) is 0 Å². The Balaban J connectivity index is 2.95. The fraction of sp³-hybridized carbons (Fsp3) is 0.583. The van der Waals surface area contributed by atoms with E-state index in [9.17, 15) is 0 Å². The van der Waals surface area contributed by atoms with E-state index in [2.05, 4.69) is 38.7 Å². The van der Waals surface area contributed by atoms with Gasteiger partial charge in [-0.05, 0) is 11.5 Å². The van der Waals surface area contributed by atoms with E-state index in [1.165, 1.54) is 0 Å². The molecule has 0 aliphatic heterocycles. The first-order chi connectivity index (χ1) is 6.45. The predicted molar refractivity (Wildman–Crippen MR) is 58.7 cm³/mol. The number of hydrogen-bond donors (Lipinski definition) is 0. The van der Waals surface area contributed by atoms with E-state index in [1.54, 1.807) is 7.11 Å². The molecule has 0 aromatic carbocycles. The van der Waals surface area contributed by atoms with Gasteiger partial charge >= 0.3 is 0 Å². The Morgan fingerprint density at radius 1 is 1.29 bits per heavy atom. The Hall–Kier alpha value is -1.05. The molecule has 1 heterocycles. The third-order valence-electron chi connectivity index (χ3n) is 2.70. The predicted octanol–water partition coefficient (Wildman–Crippen LogP) is 3.24. The SMILES string of the molecule is COc1cccc(C(C)C(C)(C)C)n1. The summed E-state index contributed by atoms with van der Waals surface area (Å²) < 4.78 is 5.11. The molecule has 1 atom stereocenters. The Labute approximate surface area is 86.3 Å². The first-order valence-electron chi connectivity index (χ1n) is 4.96. The van der Waals surface area contributed by atoms with Crippen LogP contribution >= 0.6 is 0 Å². The summed E-state index contributed by atoms with van der Waals surface area (Å²) >= 11 is 0. The normalized spacial score (nSPS) is 13.8. The average molecular weight is 193 g/mol. The number of rotatable bonds is 2. The summed E-state index contributed by atoms with van der Waals surface area (Å²) in [5, 5.41) is 0. The van der Waals surface area contributed by atoms with Crippen molar-refractivity contribution < 1.29 is 4.74 Å². The van der Waals surface area contributed by atoms with Gasteiger partial charge in [-0.25, -0.2) is 4.98 Å². The van der Waals surface area contributed by atoms with Crippen molar-refractivity contribution in [3.8, 4) is 5.88 Å². The molecular formula is C12H19NO. The lowest BCUT2D eigenvalue weighted by Crippen LogP contribution is -2.16. The quantitative estimate of drug-likeness (QED) is 0.719. The molecule has 1 aromatic heterocycles.